The topological polar surface area (TPSA) is 23.5 Å². The van der Waals surface area contributed by atoms with Gasteiger partial charge in [0.2, 0.25) is 0 Å². The molecule has 2 atom stereocenters. The lowest BCUT2D eigenvalue weighted by molar-refractivity contribution is 0.195. The molecule has 2 heterocycles. The van der Waals surface area contributed by atoms with E-state index < -0.39 is 0 Å². The number of para-hydroxylation sites is 1. The van der Waals surface area contributed by atoms with Crippen LogP contribution in [0.2, 0.25) is 0 Å². The molecule has 4 aromatic rings. The molecule has 0 spiro atoms. The Labute approximate surface area is 240 Å². The van der Waals surface area contributed by atoms with E-state index >= 15 is 0 Å². The van der Waals surface area contributed by atoms with E-state index in [4.69, 9.17) is 0 Å². The fraction of sp³-hybridized carbons (Fsp3) is 0.351. The number of nitrogens with zero attached hydrogens (tertiary/aromatic N) is 1. The first-order valence-electron chi connectivity index (χ1n) is 15.0. The number of phenolic OH excluding ortho intramolecular Hbond substituents is 1. The van der Waals surface area contributed by atoms with E-state index in [1.807, 2.05) is 6.07 Å². The molecule has 0 bridgehead atoms. The molecular weight excluding hydrogens is 485 g/mol. The summed E-state index contributed by atoms with van der Waals surface area (Å²) in [5.74, 6) is 0.371. The van der Waals surface area contributed by atoms with E-state index in [1.165, 1.54) is 64.7 Å². The SMILES string of the molecule is Cc1cccc2c1B(c1ccc(-c3ccc(C(C)(C)C)cc3)cc1O)c1cccc3c1N2[C@]1(C)CCCCC31C. The van der Waals surface area contributed by atoms with Crippen LogP contribution in [-0.2, 0) is 10.8 Å². The lowest BCUT2D eigenvalue weighted by atomic mass is 9.34. The number of rotatable bonds is 2. The third-order valence-corrected chi connectivity index (χ3v) is 10.7. The number of fused-ring (bicyclic) bond motifs is 5. The summed E-state index contributed by atoms with van der Waals surface area (Å²) in [5.41, 5.74) is 12.9. The van der Waals surface area contributed by atoms with Crippen molar-refractivity contribution < 1.29 is 5.11 Å². The van der Waals surface area contributed by atoms with Gasteiger partial charge in [-0.05, 0) is 82.9 Å². The molecule has 3 heteroatoms. The Hall–Kier alpha value is -3.46. The van der Waals surface area contributed by atoms with Crippen LogP contribution in [0.1, 0.15) is 77.0 Å². The van der Waals surface area contributed by atoms with Crippen LogP contribution < -0.4 is 21.3 Å². The monoisotopic (exact) mass is 525 g/mol. The van der Waals surface area contributed by atoms with Gasteiger partial charge in [0.1, 0.15) is 5.75 Å². The van der Waals surface area contributed by atoms with E-state index in [9.17, 15) is 5.11 Å². The summed E-state index contributed by atoms with van der Waals surface area (Å²) in [6, 6.07) is 28.8. The summed E-state index contributed by atoms with van der Waals surface area (Å²) < 4.78 is 0. The minimum atomic E-state index is -0.00734. The van der Waals surface area contributed by atoms with Crippen molar-refractivity contribution in [3.8, 4) is 16.9 Å². The van der Waals surface area contributed by atoms with Crippen molar-refractivity contribution in [2.24, 2.45) is 0 Å². The Morgan fingerprint density at radius 1 is 0.800 bits per heavy atom. The summed E-state index contributed by atoms with van der Waals surface area (Å²) in [5, 5.41) is 11.7. The van der Waals surface area contributed by atoms with Crippen LogP contribution in [0.25, 0.3) is 11.1 Å². The standard InChI is InChI=1S/C37H40BNO/c1-24-11-9-14-31-33(24)38(29-20-17-26(23-32(29)40)25-15-18-27(19-16-25)35(2,3)4)30-13-10-12-28-34(30)39(31)37(6)22-8-7-21-36(28,37)5/h9-20,23,40H,7-8,21-22H2,1-6H3/t36?,37-/m1/s1. The highest BCUT2D eigenvalue weighted by Gasteiger charge is 2.60. The Morgan fingerprint density at radius 3 is 2.23 bits per heavy atom. The van der Waals surface area contributed by atoms with Crippen LogP contribution in [0.3, 0.4) is 0 Å². The molecule has 2 nitrogen and oxygen atoms in total. The summed E-state index contributed by atoms with van der Waals surface area (Å²) in [7, 11) is 0. The number of anilines is 2. The number of aryl methyl sites for hydroxylation is 1. The average Bonchev–Trinajstić information content (AvgIpc) is 3.14. The van der Waals surface area contributed by atoms with Gasteiger partial charge in [-0.15, -0.1) is 0 Å². The number of aromatic hydroxyl groups is 1. The largest absolute Gasteiger partial charge is 0.508 e. The van der Waals surface area contributed by atoms with Crippen LogP contribution in [-0.4, -0.2) is 17.4 Å². The van der Waals surface area contributed by atoms with E-state index in [2.05, 4.69) is 119 Å². The van der Waals surface area contributed by atoms with Crippen molar-refractivity contribution in [1.82, 2.24) is 0 Å². The van der Waals surface area contributed by atoms with Crippen molar-refractivity contribution in [3.05, 3.63) is 95.6 Å². The quantitative estimate of drug-likeness (QED) is 0.279. The highest BCUT2D eigenvalue weighted by molar-refractivity contribution is 6.98. The van der Waals surface area contributed by atoms with Gasteiger partial charge in [0.05, 0.1) is 5.54 Å². The molecule has 2 aliphatic heterocycles. The zero-order valence-electron chi connectivity index (χ0n) is 24.8. The molecule has 1 fully saturated rings. The summed E-state index contributed by atoms with van der Waals surface area (Å²) in [6.07, 6.45) is 4.97. The van der Waals surface area contributed by atoms with Crippen LogP contribution in [0.4, 0.5) is 11.4 Å². The van der Waals surface area contributed by atoms with E-state index in [-0.39, 0.29) is 23.1 Å². The van der Waals surface area contributed by atoms with Gasteiger partial charge in [0, 0.05) is 16.8 Å². The second-order valence-corrected chi connectivity index (χ2v) is 13.9. The molecule has 0 saturated heterocycles. The molecule has 1 N–H and O–H groups in total. The van der Waals surface area contributed by atoms with Crippen molar-refractivity contribution in [3.63, 3.8) is 0 Å². The maximum absolute atomic E-state index is 11.7. The fourth-order valence-corrected chi connectivity index (χ4v) is 8.24. The highest BCUT2D eigenvalue weighted by Crippen LogP contribution is 2.60. The van der Waals surface area contributed by atoms with Gasteiger partial charge in [-0.3, -0.25) is 0 Å². The van der Waals surface area contributed by atoms with E-state index in [0.29, 0.717) is 5.75 Å². The molecule has 40 heavy (non-hydrogen) atoms. The van der Waals surface area contributed by atoms with Crippen LogP contribution in [0.15, 0.2) is 78.9 Å². The van der Waals surface area contributed by atoms with Gasteiger partial charge < -0.3 is 10.0 Å². The molecular formula is C37H40BNO. The zero-order chi connectivity index (χ0) is 28.0. The van der Waals surface area contributed by atoms with E-state index in [0.717, 1.165) is 16.6 Å². The summed E-state index contributed by atoms with van der Waals surface area (Å²) in [6.45, 7) is 14.0. The number of hydrogen-bond donors (Lipinski definition) is 1. The third-order valence-electron chi connectivity index (χ3n) is 10.7. The average molecular weight is 526 g/mol. The van der Waals surface area contributed by atoms with E-state index in [1.54, 1.807) is 0 Å². The number of benzene rings is 4. The van der Waals surface area contributed by atoms with Crippen molar-refractivity contribution in [2.75, 3.05) is 4.90 Å². The number of hydrogen-bond acceptors (Lipinski definition) is 2. The Morgan fingerprint density at radius 2 is 1.50 bits per heavy atom. The Bertz CT molecular complexity index is 1650. The van der Waals surface area contributed by atoms with Gasteiger partial charge in [0.25, 0.3) is 6.71 Å². The summed E-state index contributed by atoms with van der Waals surface area (Å²) in [4.78, 5) is 2.71. The molecule has 1 aliphatic carbocycles. The van der Waals surface area contributed by atoms with Crippen molar-refractivity contribution >= 4 is 34.5 Å². The lowest BCUT2D eigenvalue weighted by Gasteiger charge is -2.52. The molecule has 7 rings (SSSR count). The zero-order valence-corrected chi connectivity index (χ0v) is 24.8. The molecule has 3 aliphatic rings. The highest BCUT2D eigenvalue weighted by atomic mass is 16.3. The minimum absolute atomic E-state index is 0.00734. The molecule has 0 amide bonds. The van der Waals surface area contributed by atoms with Crippen LogP contribution in [0.5, 0.6) is 5.75 Å². The van der Waals surface area contributed by atoms with Gasteiger partial charge in [-0.1, -0.05) is 113 Å². The molecule has 202 valence electrons. The third kappa shape index (κ3) is 3.36. The normalized spacial score (nSPS) is 23.1. The Balaban J connectivity index is 1.40. The minimum Gasteiger partial charge on any atom is -0.508 e. The molecule has 1 unspecified atom stereocenters. The predicted octanol–water partition coefficient (Wildman–Crippen LogP) is 7.24. The second-order valence-electron chi connectivity index (χ2n) is 13.9. The van der Waals surface area contributed by atoms with Gasteiger partial charge in [0.15, 0.2) is 0 Å². The first-order valence-corrected chi connectivity index (χ1v) is 15.0. The van der Waals surface area contributed by atoms with Crippen molar-refractivity contribution in [1.29, 1.82) is 0 Å². The smallest absolute Gasteiger partial charge is 0.251 e. The van der Waals surface area contributed by atoms with Gasteiger partial charge >= 0.3 is 0 Å². The molecule has 1 saturated carbocycles. The molecule has 0 radical (unpaired) electrons. The van der Waals surface area contributed by atoms with Crippen molar-refractivity contribution in [2.45, 2.75) is 83.6 Å². The molecule has 0 aromatic heterocycles. The Kier molecular flexibility index (Phi) is 5.44. The number of phenols is 1. The van der Waals surface area contributed by atoms with Crippen LogP contribution in [0, 0.1) is 6.92 Å². The molecule has 4 aromatic carbocycles. The van der Waals surface area contributed by atoms with Crippen LogP contribution >= 0.6 is 0 Å². The summed E-state index contributed by atoms with van der Waals surface area (Å²) >= 11 is 0. The maximum atomic E-state index is 11.7. The first kappa shape index (κ1) is 25.5. The lowest BCUT2D eigenvalue weighted by Crippen LogP contribution is -2.62. The second kappa shape index (κ2) is 8.52. The fourth-order valence-electron chi connectivity index (χ4n) is 8.24. The van der Waals surface area contributed by atoms with Gasteiger partial charge in [-0.2, -0.15) is 0 Å². The van der Waals surface area contributed by atoms with Gasteiger partial charge in [-0.25, -0.2) is 0 Å². The maximum Gasteiger partial charge on any atom is 0.251 e. The first-order chi connectivity index (χ1) is 19.0. The predicted molar refractivity (Wildman–Crippen MR) is 171 cm³/mol.